The van der Waals surface area contributed by atoms with E-state index >= 15 is 0 Å². The smallest absolute Gasteiger partial charge is 0.289 e. The molecule has 0 fully saturated rings. The number of thiazole rings is 1. The molecular weight excluding hydrogens is 420 g/mol. The van der Waals surface area contributed by atoms with Crippen LogP contribution in [-0.2, 0) is 0 Å². The van der Waals surface area contributed by atoms with Gasteiger partial charge in [-0.1, -0.05) is 0 Å². The van der Waals surface area contributed by atoms with Gasteiger partial charge in [0.1, 0.15) is 11.4 Å². The van der Waals surface area contributed by atoms with Gasteiger partial charge in [-0.25, -0.2) is 9.99 Å². The van der Waals surface area contributed by atoms with Crippen LogP contribution in [0.5, 0.6) is 17.2 Å². The number of aromatic hydroxyl groups is 1. The predicted molar refractivity (Wildman–Crippen MR) is 119 cm³/mol. The van der Waals surface area contributed by atoms with Crippen LogP contribution in [0.3, 0.4) is 0 Å². The monoisotopic (exact) mass is 450 g/mol. The largest absolute Gasteiger partial charge is 0.507 e. The first-order valence-electron chi connectivity index (χ1n) is 9.91. The molecule has 1 heterocycles. The molecule has 0 bridgehead atoms. The number of amides is 2. The minimum atomic E-state index is -0.575. The number of phenolic OH excluding ortho intramolecular Hbond substituents is 1. The Morgan fingerprint density at radius 1 is 1.10 bits per heavy atom. The van der Waals surface area contributed by atoms with Crippen molar-refractivity contribution in [1.82, 2.24) is 20.3 Å². The van der Waals surface area contributed by atoms with Crippen LogP contribution in [0.4, 0.5) is 0 Å². The first-order valence-corrected chi connectivity index (χ1v) is 10.9. The van der Waals surface area contributed by atoms with Crippen molar-refractivity contribution in [1.29, 1.82) is 0 Å². The van der Waals surface area contributed by atoms with E-state index in [1.54, 1.807) is 10.9 Å². The van der Waals surface area contributed by atoms with Gasteiger partial charge in [0.25, 0.3) is 11.8 Å². The summed E-state index contributed by atoms with van der Waals surface area (Å²) in [6.07, 6.45) is 0. The normalized spacial score (nSPS) is 11.1. The van der Waals surface area contributed by atoms with E-state index in [2.05, 4.69) is 43.0 Å². The number of hydrogen-bond acceptors (Lipinski definition) is 8. The highest BCUT2D eigenvalue weighted by Gasteiger charge is 2.26. The van der Waals surface area contributed by atoms with Gasteiger partial charge in [0.2, 0.25) is 0 Å². The van der Waals surface area contributed by atoms with Gasteiger partial charge in [0.15, 0.2) is 11.5 Å². The van der Waals surface area contributed by atoms with Gasteiger partial charge >= 0.3 is 0 Å². The number of rotatable bonds is 9. The molecule has 0 aliphatic heterocycles. The van der Waals surface area contributed by atoms with Crippen molar-refractivity contribution in [3.05, 3.63) is 34.3 Å². The van der Waals surface area contributed by atoms with Crippen molar-refractivity contribution >= 4 is 23.2 Å². The number of nitrogens with zero attached hydrogens (tertiary/aromatic N) is 3. The van der Waals surface area contributed by atoms with Gasteiger partial charge in [-0.3, -0.25) is 19.9 Å². The maximum absolute atomic E-state index is 13.3. The summed E-state index contributed by atoms with van der Waals surface area (Å²) in [6.45, 7) is 9.01. The molecule has 2 aromatic rings. The fraction of sp³-hybridized carbons (Fsp3) is 0.476. The summed E-state index contributed by atoms with van der Waals surface area (Å²) in [6, 6.07) is 3.20. The molecule has 10 heteroatoms. The summed E-state index contributed by atoms with van der Waals surface area (Å²) in [5.41, 5.74) is 4.36. The highest BCUT2D eigenvalue weighted by Crippen LogP contribution is 2.34. The highest BCUT2D eigenvalue weighted by atomic mass is 32.1. The van der Waals surface area contributed by atoms with Crippen molar-refractivity contribution in [2.24, 2.45) is 0 Å². The fourth-order valence-corrected chi connectivity index (χ4v) is 3.76. The maximum atomic E-state index is 13.3. The average molecular weight is 451 g/mol. The number of carbonyl (C=O) groups is 2. The lowest BCUT2D eigenvalue weighted by Crippen LogP contribution is -2.51. The van der Waals surface area contributed by atoms with E-state index in [1.807, 2.05) is 0 Å². The summed E-state index contributed by atoms with van der Waals surface area (Å²) in [5, 5.41) is 13.2. The van der Waals surface area contributed by atoms with Crippen molar-refractivity contribution in [2.45, 2.75) is 39.8 Å². The lowest BCUT2D eigenvalue weighted by molar-refractivity contribution is 0.0527. The topological polar surface area (TPSA) is 104 Å². The van der Waals surface area contributed by atoms with Crippen LogP contribution in [0.2, 0.25) is 0 Å². The molecule has 0 radical (unpaired) electrons. The van der Waals surface area contributed by atoms with E-state index in [0.29, 0.717) is 18.0 Å². The van der Waals surface area contributed by atoms with Crippen LogP contribution in [0.1, 0.15) is 48.5 Å². The van der Waals surface area contributed by atoms with E-state index in [4.69, 9.17) is 9.47 Å². The third-order valence-corrected chi connectivity index (χ3v) is 5.37. The van der Waals surface area contributed by atoms with Crippen LogP contribution < -0.4 is 14.9 Å². The minimum Gasteiger partial charge on any atom is -0.507 e. The first kappa shape index (κ1) is 24.4. The highest BCUT2D eigenvalue weighted by molar-refractivity contribution is 7.07. The molecule has 0 atom stereocenters. The lowest BCUT2D eigenvalue weighted by Gasteiger charge is -2.33. The third-order valence-electron chi connectivity index (χ3n) is 4.79. The van der Waals surface area contributed by atoms with E-state index in [0.717, 1.165) is 0 Å². The molecule has 2 N–H and O–H groups in total. The molecule has 31 heavy (non-hydrogen) atoms. The standard InChI is InChI=1S/C21H30N4O5S/c1-13(2)24(14(3)4)7-8-25(23-20(27)16-11-31-12-22-16)21(28)15-9-18(29-5)19(30-6)10-17(15)26/h9-14,26H,7-8H2,1-6H3,(H,23,27). The fourth-order valence-electron chi connectivity index (χ4n) is 3.23. The van der Waals surface area contributed by atoms with Crippen molar-refractivity contribution in [2.75, 3.05) is 27.3 Å². The summed E-state index contributed by atoms with van der Waals surface area (Å²) < 4.78 is 10.4. The quantitative estimate of drug-likeness (QED) is 0.566. The van der Waals surface area contributed by atoms with Gasteiger partial charge in [-0.2, -0.15) is 0 Å². The molecular formula is C21H30N4O5S. The van der Waals surface area contributed by atoms with E-state index in [9.17, 15) is 14.7 Å². The number of hydrogen-bond donors (Lipinski definition) is 2. The van der Waals surface area contributed by atoms with Crippen molar-refractivity contribution in [3.63, 3.8) is 0 Å². The number of aromatic nitrogens is 1. The molecule has 0 unspecified atom stereocenters. The average Bonchev–Trinajstić information content (AvgIpc) is 3.26. The van der Waals surface area contributed by atoms with Gasteiger partial charge in [-0.15, -0.1) is 11.3 Å². The molecule has 0 saturated carbocycles. The number of methoxy groups -OCH3 is 2. The molecule has 0 spiro atoms. The Kier molecular flexibility index (Phi) is 8.64. The second-order valence-electron chi connectivity index (χ2n) is 7.42. The molecule has 0 aliphatic rings. The van der Waals surface area contributed by atoms with Gasteiger partial charge in [-0.05, 0) is 27.7 Å². The van der Waals surface area contributed by atoms with Gasteiger partial charge in [0, 0.05) is 36.1 Å². The Balaban J connectivity index is 2.34. The number of carbonyl (C=O) groups excluding carboxylic acids is 2. The molecule has 170 valence electrons. The van der Waals surface area contributed by atoms with E-state index in [-0.39, 0.29) is 35.6 Å². The van der Waals surface area contributed by atoms with Crippen LogP contribution in [0.15, 0.2) is 23.0 Å². The zero-order valence-electron chi connectivity index (χ0n) is 18.7. The zero-order valence-corrected chi connectivity index (χ0v) is 19.5. The number of nitrogens with one attached hydrogen (secondary N) is 1. The Labute approximate surface area is 186 Å². The third kappa shape index (κ3) is 6.08. The summed E-state index contributed by atoms with van der Waals surface area (Å²) >= 11 is 1.28. The van der Waals surface area contributed by atoms with Crippen molar-refractivity contribution < 1.29 is 24.2 Å². The Morgan fingerprint density at radius 2 is 1.71 bits per heavy atom. The SMILES string of the molecule is COc1cc(O)c(C(=O)N(CCN(C(C)C)C(C)C)NC(=O)c2cscn2)cc1OC. The van der Waals surface area contributed by atoms with Crippen LogP contribution in [0, 0.1) is 0 Å². The van der Waals surface area contributed by atoms with Crippen molar-refractivity contribution in [3.8, 4) is 17.2 Å². The van der Waals surface area contributed by atoms with E-state index < -0.39 is 11.8 Å². The Hall–Kier alpha value is -2.85. The molecule has 0 saturated heterocycles. The molecule has 0 aliphatic carbocycles. The van der Waals surface area contributed by atoms with Gasteiger partial charge in [0.05, 0.1) is 31.8 Å². The number of phenols is 1. The lowest BCUT2D eigenvalue weighted by atomic mass is 10.1. The molecule has 2 rings (SSSR count). The molecule has 9 nitrogen and oxygen atoms in total. The number of hydrazine groups is 1. The maximum Gasteiger partial charge on any atom is 0.289 e. The number of benzene rings is 1. The number of ether oxygens (including phenoxy) is 2. The molecule has 1 aromatic heterocycles. The predicted octanol–water partition coefficient (Wildman–Crippen LogP) is 2.77. The minimum absolute atomic E-state index is 0.0168. The van der Waals surface area contributed by atoms with Crippen LogP contribution >= 0.6 is 11.3 Å². The second-order valence-corrected chi connectivity index (χ2v) is 8.14. The summed E-state index contributed by atoms with van der Waals surface area (Å²) in [4.78, 5) is 32.1. The molecule has 2 amide bonds. The first-order chi connectivity index (χ1) is 14.7. The Bertz CT molecular complexity index is 878. The van der Waals surface area contributed by atoms with E-state index in [1.165, 1.54) is 42.7 Å². The van der Waals surface area contributed by atoms with Crippen LogP contribution in [0.25, 0.3) is 0 Å². The van der Waals surface area contributed by atoms with Crippen LogP contribution in [-0.4, -0.2) is 71.2 Å². The van der Waals surface area contributed by atoms with Gasteiger partial charge < -0.3 is 14.6 Å². The molecule has 1 aromatic carbocycles. The second kappa shape index (κ2) is 11.0. The zero-order chi connectivity index (χ0) is 23.1. The summed E-state index contributed by atoms with van der Waals surface area (Å²) in [5.74, 6) is -0.773. The Morgan fingerprint density at radius 3 is 2.23 bits per heavy atom. The summed E-state index contributed by atoms with van der Waals surface area (Å²) in [7, 11) is 2.87.